The van der Waals surface area contributed by atoms with Gasteiger partial charge in [-0.1, -0.05) is 0 Å². The van der Waals surface area contributed by atoms with Crippen molar-refractivity contribution in [2.45, 2.75) is 26.8 Å². The fourth-order valence-electron chi connectivity index (χ4n) is 1.63. The molecule has 0 aliphatic heterocycles. The lowest BCUT2D eigenvalue weighted by Crippen LogP contribution is -2.05. The first kappa shape index (κ1) is 11.2. The zero-order chi connectivity index (χ0) is 11.7. The average molecular weight is 235 g/mol. The maximum absolute atomic E-state index is 4.23. The van der Waals surface area contributed by atoms with Gasteiger partial charge in [-0.3, -0.25) is 4.68 Å². The van der Waals surface area contributed by atoms with E-state index < -0.39 is 0 Å². The molecule has 0 aromatic carbocycles. The quantitative estimate of drug-likeness (QED) is 0.885. The van der Waals surface area contributed by atoms with Gasteiger partial charge >= 0.3 is 0 Å². The second-order valence-corrected chi connectivity index (χ2v) is 5.40. The van der Waals surface area contributed by atoms with Crippen molar-refractivity contribution in [3.63, 3.8) is 0 Å². The topological polar surface area (TPSA) is 29.9 Å². The highest BCUT2D eigenvalue weighted by molar-refractivity contribution is 7.12. The Morgan fingerprint density at radius 1 is 1.38 bits per heavy atom. The highest BCUT2D eigenvalue weighted by Crippen LogP contribution is 2.26. The van der Waals surface area contributed by atoms with Crippen LogP contribution in [-0.4, -0.2) is 9.78 Å². The van der Waals surface area contributed by atoms with Crippen molar-refractivity contribution in [2.24, 2.45) is 7.05 Å². The second-order valence-electron chi connectivity index (χ2n) is 4.08. The van der Waals surface area contributed by atoms with Gasteiger partial charge in [-0.2, -0.15) is 5.10 Å². The van der Waals surface area contributed by atoms with Crippen LogP contribution in [0.4, 0.5) is 5.69 Å². The summed E-state index contributed by atoms with van der Waals surface area (Å²) in [5, 5.41) is 7.71. The third-order valence-electron chi connectivity index (χ3n) is 2.80. The lowest BCUT2D eigenvalue weighted by molar-refractivity contribution is 0.739. The first-order chi connectivity index (χ1) is 7.58. The van der Waals surface area contributed by atoms with Gasteiger partial charge in [-0.05, 0) is 32.9 Å². The molecule has 4 heteroatoms. The van der Waals surface area contributed by atoms with Crippen LogP contribution in [0.15, 0.2) is 18.3 Å². The van der Waals surface area contributed by atoms with Crippen LogP contribution in [0.25, 0.3) is 0 Å². The smallest absolute Gasteiger partial charge is 0.0761 e. The molecule has 0 saturated heterocycles. The number of thiophene rings is 1. The molecule has 2 aromatic rings. The van der Waals surface area contributed by atoms with Crippen molar-refractivity contribution in [1.29, 1.82) is 0 Å². The predicted octanol–water partition coefficient (Wildman–Crippen LogP) is 3.27. The highest BCUT2D eigenvalue weighted by Gasteiger charge is 2.10. The monoisotopic (exact) mass is 235 g/mol. The van der Waals surface area contributed by atoms with E-state index >= 15 is 0 Å². The molecule has 0 fully saturated rings. The van der Waals surface area contributed by atoms with E-state index in [2.05, 4.69) is 43.3 Å². The van der Waals surface area contributed by atoms with E-state index in [1.807, 2.05) is 29.3 Å². The Morgan fingerprint density at radius 3 is 2.62 bits per heavy atom. The van der Waals surface area contributed by atoms with E-state index in [4.69, 9.17) is 0 Å². The van der Waals surface area contributed by atoms with Gasteiger partial charge in [0, 0.05) is 16.8 Å². The summed E-state index contributed by atoms with van der Waals surface area (Å²) >= 11 is 1.84. The summed E-state index contributed by atoms with van der Waals surface area (Å²) < 4.78 is 1.88. The van der Waals surface area contributed by atoms with Crippen LogP contribution in [0.5, 0.6) is 0 Å². The summed E-state index contributed by atoms with van der Waals surface area (Å²) in [5.41, 5.74) is 2.28. The number of rotatable bonds is 3. The summed E-state index contributed by atoms with van der Waals surface area (Å²) in [6.45, 7) is 6.38. The Bertz CT molecular complexity index is 484. The molecular weight excluding hydrogens is 218 g/mol. The molecule has 16 heavy (non-hydrogen) atoms. The normalized spacial score (nSPS) is 12.8. The van der Waals surface area contributed by atoms with Crippen LogP contribution in [0, 0.1) is 13.8 Å². The summed E-state index contributed by atoms with van der Waals surface area (Å²) in [5.74, 6) is 0. The lowest BCUT2D eigenvalue weighted by Gasteiger charge is -2.12. The van der Waals surface area contributed by atoms with E-state index in [0.29, 0.717) is 6.04 Å². The molecular formula is C12H17N3S. The van der Waals surface area contributed by atoms with E-state index in [1.165, 1.54) is 15.4 Å². The van der Waals surface area contributed by atoms with Crippen molar-refractivity contribution in [3.05, 3.63) is 33.8 Å². The molecule has 1 unspecified atom stereocenters. The minimum absolute atomic E-state index is 0.335. The van der Waals surface area contributed by atoms with Gasteiger partial charge in [-0.25, -0.2) is 0 Å². The summed E-state index contributed by atoms with van der Waals surface area (Å²) in [4.78, 5) is 2.72. The number of anilines is 1. The fourth-order valence-corrected chi connectivity index (χ4v) is 2.51. The molecule has 3 nitrogen and oxygen atoms in total. The molecule has 0 saturated carbocycles. The van der Waals surface area contributed by atoms with Crippen LogP contribution in [-0.2, 0) is 7.05 Å². The number of aryl methyl sites for hydroxylation is 2. The van der Waals surface area contributed by atoms with Crippen molar-refractivity contribution in [3.8, 4) is 0 Å². The number of hydrogen-bond acceptors (Lipinski definition) is 3. The van der Waals surface area contributed by atoms with Crippen LogP contribution in [0.3, 0.4) is 0 Å². The third kappa shape index (κ3) is 2.11. The number of aromatic nitrogens is 2. The molecule has 2 aromatic heterocycles. The van der Waals surface area contributed by atoms with Gasteiger partial charge in [0.25, 0.3) is 0 Å². The average Bonchev–Trinajstić information content (AvgIpc) is 2.79. The second kappa shape index (κ2) is 4.29. The Kier molecular flexibility index (Phi) is 3.01. The molecule has 86 valence electrons. The Hall–Kier alpha value is -1.29. The van der Waals surface area contributed by atoms with Crippen LogP contribution in [0.1, 0.15) is 28.4 Å². The van der Waals surface area contributed by atoms with E-state index in [-0.39, 0.29) is 0 Å². The summed E-state index contributed by atoms with van der Waals surface area (Å²) in [7, 11) is 1.96. The largest absolute Gasteiger partial charge is 0.375 e. The van der Waals surface area contributed by atoms with Gasteiger partial charge < -0.3 is 5.32 Å². The SMILES string of the molecule is Cc1ccc(C(C)Nc2cnn(C)c2C)s1. The molecule has 0 amide bonds. The van der Waals surface area contributed by atoms with Gasteiger partial charge in [0.05, 0.1) is 23.6 Å². The van der Waals surface area contributed by atoms with Gasteiger partial charge in [0.1, 0.15) is 0 Å². The first-order valence-corrected chi connectivity index (χ1v) is 6.21. The van der Waals surface area contributed by atoms with Crippen molar-refractivity contribution in [1.82, 2.24) is 9.78 Å². The fraction of sp³-hybridized carbons (Fsp3) is 0.417. The minimum Gasteiger partial charge on any atom is -0.375 e. The van der Waals surface area contributed by atoms with Crippen molar-refractivity contribution in [2.75, 3.05) is 5.32 Å². The lowest BCUT2D eigenvalue weighted by atomic mass is 10.2. The molecule has 0 aliphatic carbocycles. The Labute approximate surface area is 100 Å². The van der Waals surface area contributed by atoms with Gasteiger partial charge in [0.2, 0.25) is 0 Å². The molecule has 1 N–H and O–H groups in total. The number of nitrogens with zero attached hydrogens (tertiary/aromatic N) is 2. The van der Waals surface area contributed by atoms with Crippen LogP contribution < -0.4 is 5.32 Å². The highest BCUT2D eigenvalue weighted by atomic mass is 32.1. The van der Waals surface area contributed by atoms with Crippen LogP contribution >= 0.6 is 11.3 Å². The van der Waals surface area contributed by atoms with E-state index in [0.717, 1.165) is 5.69 Å². The van der Waals surface area contributed by atoms with Crippen LogP contribution in [0.2, 0.25) is 0 Å². The standard InChI is InChI=1S/C12H17N3S/c1-8-5-6-12(16-8)9(2)14-11-7-13-15(4)10(11)3/h5-7,9,14H,1-4H3. The molecule has 2 heterocycles. The molecule has 0 spiro atoms. The molecule has 0 aliphatic rings. The molecule has 1 atom stereocenters. The zero-order valence-corrected chi connectivity index (χ0v) is 10.9. The summed E-state index contributed by atoms with van der Waals surface area (Å²) in [6.07, 6.45) is 1.88. The maximum Gasteiger partial charge on any atom is 0.0761 e. The van der Waals surface area contributed by atoms with Crippen molar-refractivity contribution >= 4 is 17.0 Å². The number of nitrogens with one attached hydrogen (secondary N) is 1. The molecule has 0 radical (unpaired) electrons. The third-order valence-corrected chi connectivity index (χ3v) is 3.98. The predicted molar refractivity (Wildman–Crippen MR) is 69.0 cm³/mol. The first-order valence-electron chi connectivity index (χ1n) is 5.39. The van der Waals surface area contributed by atoms with Gasteiger partial charge in [0.15, 0.2) is 0 Å². The molecule has 0 bridgehead atoms. The van der Waals surface area contributed by atoms with E-state index in [9.17, 15) is 0 Å². The Morgan fingerprint density at radius 2 is 2.12 bits per heavy atom. The van der Waals surface area contributed by atoms with Crippen molar-refractivity contribution < 1.29 is 0 Å². The summed E-state index contributed by atoms with van der Waals surface area (Å²) in [6, 6.07) is 4.68. The Balaban J connectivity index is 2.13. The minimum atomic E-state index is 0.335. The number of hydrogen-bond donors (Lipinski definition) is 1. The molecule has 2 rings (SSSR count). The zero-order valence-electron chi connectivity index (χ0n) is 10.1. The van der Waals surface area contributed by atoms with E-state index in [1.54, 1.807) is 0 Å². The van der Waals surface area contributed by atoms with Gasteiger partial charge in [-0.15, -0.1) is 11.3 Å². The maximum atomic E-state index is 4.23.